The van der Waals surface area contributed by atoms with E-state index in [1.54, 1.807) is 25.1 Å². The van der Waals surface area contributed by atoms with Crippen molar-refractivity contribution in [2.24, 2.45) is 0 Å². The van der Waals surface area contributed by atoms with Gasteiger partial charge in [0.2, 0.25) is 5.89 Å². The van der Waals surface area contributed by atoms with Crippen molar-refractivity contribution in [2.45, 2.75) is 17.9 Å². The molecular weight excluding hydrogens is 300 g/mol. The summed E-state index contributed by atoms with van der Waals surface area (Å²) >= 11 is 7.18. The van der Waals surface area contributed by atoms with Crippen molar-refractivity contribution in [3.63, 3.8) is 0 Å². The maximum Gasteiger partial charge on any atom is 0.277 e. The lowest BCUT2D eigenvalue weighted by Crippen LogP contribution is -2.01. The first-order valence-electron chi connectivity index (χ1n) is 5.77. The molecular formula is C13H9ClN2O3S. The minimum atomic E-state index is -0.119. The van der Waals surface area contributed by atoms with E-state index >= 15 is 0 Å². The van der Waals surface area contributed by atoms with Gasteiger partial charge in [-0.3, -0.25) is 4.79 Å². The molecule has 0 spiro atoms. The fourth-order valence-corrected chi connectivity index (χ4v) is 2.58. The zero-order valence-electron chi connectivity index (χ0n) is 10.4. The molecule has 102 valence electrons. The Bertz CT molecular complexity index is 828. The maximum absolute atomic E-state index is 12.0. The molecule has 7 heteroatoms. The van der Waals surface area contributed by atoms with Crippen molar-refractivity contribution in [1.82, 2.24) is 10.2 Å². The summed E-state index contributed by atoms with van der Waals surface area (Å²) < 4.78 is 10.9. The Labute approximate surface area is 122 Å². The number of hydrogen-bond acceptors (Lipinski definition) is 6. The lowest BCUT2D eigenvalue weighted by Gasteiger charge is -2.01. The number of benzene rings is 1. The quantitative estimate of drug-likeness (QED) is 0.690. The van der Waals surface area contributed by atoms with E-state index in [-0.39, 0.29) is 5.43 Å². The first-order valence-corrected chi connectivity index (χ1v) is 7.13. The van der Waals surface area contributed by atoms with Crippen LogP contribution in [-0.2, 0) is 5.75 Å². The summed E-state index contributed by atoms with van der Waals surface area (Å²) in [4.78, 5) is 12.0. The SMILES string of the molecule is Cc1nnc(SCc2cc(=O)c3cc(Cl)ccc3o2)o1. The van der Waals surface area contributed by atoms with Crippen LogP contribution in [0.3, 0.4) is 0 Å². The van der Waals surface area contributed by atoms with E-state index in [0.29, 0.717) is 38.6 Å². The Morgan fingerprint density at radius 2 is 2.10 bits per heavy atom. The zero-order valence-corrected chi connectivity index (χ0v) is 12.0. The van der Waals surface area contributed by atoms with Crippen LogP contribution in [0.15, 0.2) is 43.1 Å². The monoisotopic (exact) mass is 308 g/mol. The highest BCUT2D eigenvalue weighted by atomic mass is 35.5. The van der Waals surface area contributed by atoms with Gasteiger partial charge in [-0.2, -0.15) is 0 Å². The molecule has 0 bridgehead atoms. The smallest absolute Gasteiger partial charge is 0.277 e. The second kappa shape index (κ2) is 5.30. The van der Waals surface area contributed by atoms with Crippen LogP contribution in [0.4, 0.5) is 0 Å². The molecule has 0 aliphatic rings. The lowest BCUT2D eigenvalue weighted by atomic mass is 10.2. The fourth-order valence-electron chi connectivity index (χ4n) is 1.72. The van der Waals surface area contributed by atoms with Crippen LogP contribution in [0.1, 0.15) is 11.7 Å². The van der Waals surface area contributed by atoms with Crippen molar-refractivity contribution < 1.29 is 8.83 Å². The topological polar surface area (TPSA) is 69.1 Å². The van der Waals surface area contributed by atoms with Crippen LogP contribution in [0.25, 0.3) is 11.0 Å². The number of hydrogen-bond donors (Lipinski definition) is 0. The summed E-state index contributed by atoms with van der Waals surface area (Å²) in [7, 11) is 0. The predicted octanol–water partition coefficient (Wildman–Crippen LogP) is 3.43. The van der Waals surface area contributed by atoms with E-state index in [0.717, 1.165) is 0 Å². The standard InChI is InChI=1S/C13H9ClN2O3S/c1-7-15-16-13(18-7)20-6-9-5-11(17)10-4-8(14)2-3-12(10)19-9/h2-5H,6H2,1H3. The minimum Gasteiger partial charge on any atom is -0.460 e. The molecule has 0 aliphatic carbocycles. The molecule has 0 saturated heterocycles. The summed E-state index contributed by atoms with van der Waals surface area (Å²) in [5.41, 5.74) is 0.394. The molecule has 3 aromatic rings. The molecule has 5 nitrogen and oxygen atoms in total. The largest absolute Gasteiger partial charge is 0.460 e. The average molecular weight is 309 g/mol. The highest BCUT2D eigenvalue weighted by molar-refractivity contribution is 7.98. The van der Waals surface area contributed by atoms with E-state index in [4.69, 9.17) is 20.4 Å². The third-order valence-electron chi connectivity index (χ3n) is 2.59. The molecule has 0 unspecified atom stereocenters. The van der Waals surface area contributed by atoms with Gasteiger partial charge in [0.25, 0.3) is 5.22 Å². The van der Waals surface area contributed by atoms with Crippen molar-refractivity contribution in [3.8, 4) is 0 Å². The van der Waals surface area contributed by atoms with Crippen LogP contribution < -0.4 is 5.43 Å². The fraction of sp³-hybridized carbons (Fsp3) is 0.154. The number of aryl methyl sites for hydroxylation is 1. The number of rotatable bonds is 3. The van der Waals surface area contributed by atoms with Crippen LogP contribution in [0.2, 0.25) is 5.02 Å². The molecule has 2 heterocycles. The Kier molecular flexibility index (Phi) is 3.50. The molecule has 0 N–H and O–H groups in total. The van der Waals surface area contributed by atoms with Crippen molar-refractivity contribution >= 4 is 34.3 Å². The second-order valence-electron chi connectivity index (χ2n) is 4.09. The summed E-state index contributed by atoms with van der Waals surface area (Å²) in [6, 6.07) is 6.42. The summed E-state index contributed by atoms with van der Waals surface area (Å²) in [6.07, 6.45) is 0. The Morgan fingerprint density at radius 1 is 1.25 bits per heavy atom. The summed E-state index contributed by atoms with van der Waals surface area (Å²) in [5.74, 6) is 1.49. The van der Waals surface area contributed by atoms with E-state index in [1.807, 2.05) is 0 Å². The van der Waals surface area contributed by atoms with Crippen LogP contribution in [0, 0.1) is 6.92 Å². The predicted molar refractivity (Wildman–Crippen MR) is 76.1 cm³/mol. The van der Waals surface area contributed by atoms with Gasteiger partial charge < -0.3 is 8.83 Å². The number of nitrogens with zero attached hydrogens (tertiary/aromatic N) is 2. The highest BCUT2D eigenvalue weighted by Crippen LogP contribution is 2.23. The molecule has 0 fully saturated rings. The van der Waals surface area contributed by atoms with Gasteiger partial charge in [-0.1, -0.05) is 23.4 Å². The Hall–Kier alpha value is -1.79. The first kappa shape index (κ1) is 13.2. The molecule has 3 rings (SSSR count). The second-order valence-corrected chi connectivity index (χ2v) is 5.46. The van der Waals surface area contributed by atoms with Crippen molar-refractivity contribution in [2.75, 3.05) is 0 Å². The van der Waals surface area contributed by atoms with E-state index in [2.05, 4.69) is 10.2 Å². The van der Waals surface area contributed by atoms with Gasteiger partial charge in [-0.25, -0.2) is 0 Å². The van der Waals surface area contributed by atoms with Gasteiger partial charge in [0.05, 0.1) is 11.1 Å². The molecule has 0 saturated carbocycles. The first-order chi connectivity index (χ1) is 9.61. The number of fused-ring (bicyclic) bond motifs is 1. The minimum absolute atomic E-state index is 0.119. The Morgan fingerprint density at radius 3 is 2.85 bits per heavy atom. The van der Waals surface area contributed by atoms with Crippen molar-refractivity contribution in [3.05, 3.63) is 51.2 Å². The van der Waals surface area contributed by atoms with Gasteiger partial charge >= 0.3 is 0 Å². The number of aromatic nitrogens is 2. The van der Waals surface area contributed by atoms with Gasteiger partial charge in [0.1, 0.15) is 11.3 Å². The average Bonchev–Trinajstić information content (AvgIpc) is 2.83. The third kappa shape index (κ3) is 2.71. The van der Waals surface area contributed by atoms with Gasteiger partial charge in [-0.05, 0) is 18.2 Å². The number of thioether (sulfide) groups is 1. The van der Waals surface area contributed by atoms with Gasteiger partial charge in [0, 0.05) is 18.0 Å². The Balaban J connectivity index is 1.89. The van der Waals surface area contributed by atoms with Crippen LogP contribution in [-0.4, -0.2) is 10.2 Å². The lowest BCUT2D eigenvalue weighted by molar-refractivity contribution is 0.428. The van der Waals surface area contributed by atoms with Gasteiger partial charge in [0.15, 0.2) is 5.43 Å². The molecule has 2 aromatic heterocycles. The molecule has 1 aromatic carbocycles. The summed E-state index contributed by atoms with van der Waals surface area (Å²) in [5, 5.41) is 9.02. The van der Waals surface area contributed by atoms with Crippen molar-refractivity contribution in [1.29, 1.82) is 0 Å². The molecule has 0 atom stereocenters. The number of halogens is 1. The molecule has 20 heavy (non-hydrogen) atoms. The zero-order chi connectivity index (χ0) is 14.1. The van der Waals surface area contributed by atoms with E-state index < -0.39 is 0 Å². The normalized spacial score (nSPS) is 11.1. The third-order valence-corrected chi connectivity index (χ3v) is 3.66. The molecule has 0 radical (unpaired) electrons. The van der Waals surface area contributed by atoms with E-state index in [1.165, 1.54) is 17.8 Å². The van der Waals surface area contributed by atoms with Gasteiger partial charge in [-0.15, -0.1) is 10.2 Å². The highest BCUT2D eigenvalue weighted by Gasteiger charge is 2.08. The van der Waals surface area contributed by atoms with Crippen LogP contribution in [0.5, 0.6) is 0 Å². The molecule has 0 aliphatic heterocycles. The van der Waals surface area contributed by atoms with E-state index in [9.17, 15) is 4.79 Å². The summed E-state index contributed by atoms with van der Waals surface area (Å²) in [6.45, 7) is 1.72. The maximum atomic E-state index is 12.0. The van der Waals surface area contributed by atoms with Crippen LogP contribution >= 0.6 is 23.4 Å². The molecule has 0 amide bonds.